The van der Waals surface area contributed by atoms with Crippen LogP contribution >= 0.6 is 0 Å². The zero-order valence-corrected chi connectivity index (χ0v) is 17.6. The largest absolute Gasteiger partial charge is 0.345 e. The first-order chi connectivity index (χ1) is 14.9. The van der Waals surface area contributed by atoms with Crippen LogP contribution in [0.3, 0.4) is 0 Å². The second-order valence-electron chi connectivity index (χ2n) is 7.22. The maximum absolute atomic E-state index is 12.3. The second-order valence-corrected chi connectivity index (χ2v) is 7.22. The fraction of sp³-hybridized carbons (Fsp3) is 0.160. The molecule has 3 aromatic carbocycles. The standard InChI is InChI=1S/C25H25N3O3/c1-17-7-6-8-18(2)24(17)28-23(30)16-26-22(29)15-27-25(31)21-13-11-20(12-14-21)19-9-4-3-5-10-19/h3-14H,15-16H2,1-2H3,(H,26,29)(H,27,31)(H,28,30). The number of carbonyl (C=O) groups excluding carboxylic acids is 3. The molecule has 0 heterocycles. The number of aryl methyl sites for hydroxylation is 2. The first kappa shape index (κ1) is 21.8. The summed E-state index contributed by atoms with van der Waals surface area (Å²) in [7, 11) is 0. The highest BCUT2D eigenvalue weighted by Crippen LogP contribution is 2.20. The minimum absolute atomic E-state index is 0.172. The van der Waals surface area contributed by atoms with Crippen molar-refractivity contribution in [3.05, 3.63) is 89.5 Å². The van der Waals surface area contributed by atoms with Crippen LogP contribution in [0.15, 0.2) is 72.8 Å². The highest BCUT2D eigenvalue weighted by Gasteiger charge is 2.11. The summed E-state index contributed by atoms with van der Waals surface area (Å²) in [5.74, 6) is -1.12. The van der Waals surface area contributed by atoms with Crippen molar-refractivity contribution in [3.63, 3.8) is 0 Å². The molecule has 158 valence electrons. The van der Waals surface area contributed by atoms with E-state index in [-0.39, 0.29) is 24.9 Å². The average Bonchev–Trinajstić information content (AvgIpc) is 2.79. The van der Waals surface area contributed by atoms with E-state index in [0.717, 1.165) is 27.9 Å². The molecule has 0 aliphatic heterocycles. The molecule has 0 unspecified atom stereocenters. The number of nitrogens with one attached hydrogen (secondary N) is 3. The third kappa shape index (κ3) is 6.02. The molecule has 0 spiro atoms. The van der Waals surface area contributed by atoms with Crippen molar-refractivity contribution in [2.75, 3.05) is 18.4 Å². The fourth-order valence-electron chi connectivity index (χ4n) is 3.14. The zero-order chi connectivity index (χ0) is 22.2. The van der Waals surface area contributed by atoms with Crippen molar-refractivity contribution in [2.45, 2.75) is 13.8 Å². The Labute approximate surface area is 181 Å². The van der Waals surface area contributed by atoms with Crippen LogP contribution in [0, 0.1) is 13.8 Å². The molecule has 0 saturated heterocycles. The van der Waals surface area contributed by atoms with Crippen LogP contribution in [0.25, 0.3) is 11.1 Å². The van der Waals surface area contributed by atoms with E-state index in [1.165, 1.54) is 0 Å². The minimum Gasteiger partial charge on any atom is -0.345 e. The van der Waals surface area contributed by atoms with Crippen molar-refractivity contribution < 1.29 is 14.4 Å². The van der Waals surface area contributed by atoms with Gasteiger partial charge in [-0.1, -0.05) is 60.7 Å². The van der Waals surface area contributed by atoms with Crippen molar-refractivity contribution in [2.24, 2.45) is 0 Å². The summed E-state index contributed by atoms with van der Waals surface area (Å²) in [6.45, 7) is 3.43. The van der Waals surface area contributed by atoms with Gasteiger partial charge in [0, 0.05) is 11.3 Å². The van der Waals surface area contributed by atoms with Crippen LogP contribution in [-0.2, 0) is 9.59 Å². The lowest BCUT2D eigenvalue weighted by Gasteiger charge is -2.12. The van der Waals surface area contributed by atoms with Crippen molar-refractivity contribution >= 4 is 23.4 Å². The molecule has 0 aliphatic rings. The van der Waals surface area contributed by atoms with E-state index in [1.807, 2.05) is 74.5 Å². The van der Waals surface area contributed by atoms with Gasteiger partial charge in [0.2, 0.25) is 11.8 Å². The molecule has 6 heteroatoms. The predicted octanol–water partition coefficient (Wildman–Crippen LogP) is 3.46. The lowest BCUT2D eigenvalue weighted by molar-refractivity contribution is -0.123. The number of rotatable bonds is 7. The number of amides is 3. The van der Waals surface area contributed by atoms with Crippen LogP contribution < -0.4 is 16.0 Å². The van der Waals surface area contributed by atoms with E-state index < -0.39 is 5.91 Å². The van der Waals surface area contributed by atoms with E-state index in [9.17, 15) is 14.4 Å². The first-order valence-electron chi connectivity index (χ1n) is 10.0. The topological polar surface area (TPSA) is 87.3 Å². The predicted molar refractivity (Wildman–Crippen MR) is 122 cm³/mol. The van der Waals surface area contributed by atoms with Crippen LogP contribution in [0.2, 0.25) is 0 Å². The Morgan fingerprint density at radius 1 is 0.645 bits per heavy atom. The van der Waals surface area contributed by atoms with Gasteiger partial charge < -0.3 is 16.0 Å². The van der Waals surface area contributed by atoms with Crippen molar-refractivity contribution in [1.29, 1.82) is 0 Å². The Kier molecular flexibility index (Phi) is 7.17. The summed E-state index contributed by atoms with van der Waals surface area (Å²) < 4.78 is 0. The highest BCUT2D eigenvalue weighted by molar-refractivity contribution is 5.98. The van der Waals surface area contributed by atoms with Crippen molar-refractivity contribution in [3.8, 4) is 11.1 Å². The third-order valence-corrected chi connectivity index (χ3v) is 4.86. The van der Waals surface area contributed by atoms with E-state index in [2.05, 4.69) is 16.0 Å². The van der Waals surface area contributed by atoms with Gasteiger partial charge in [-0.3, -0.25) is 14.4 Å². The molecule has 3 N–H and O–H groups in total. The van der Waals surface area contributed by atoms with E-state index >= 15 is 0 Å². The summed E-state index contributed by atoms with van der Waals surface area (Å²) >= 11 is 0. The summed E-state index contributed by atoms with van der Waals surface area (Å²) in [5.41, 5.74) is 5.17. The Hall–Kier alpha value is -3.93. The first-order valence-corrected chi connectivity index (χ1v) is 10.0. The summed E-state index contributed by atoms with van der Waals surface area (Å²) in [6.07, 6.45) is 0. The number of hydrogen-bond acceptors (Lipinski definition) is 3. The molecule has 6 nitrogen and oxygen atoms in total. The molecule has 0 aliphatic carbocycles. The van der Waals surface area contributed by atoms with Crippen LogP contribution in [-0.4, -0.2) is 30.8 Å². The van der Waals surface area contributed by atoms with Gasteiger partial charge in [0.15, 0.2) is 0 Å². The molecule has 3 amide bonds. The maximum Gasteiger partial charge on any atom is 0.251 e. The smallest absolute Gasteiger partial charge is 0.251 e. The highest BCUT2D eigenvalue weighted by atomic mass is 16.2. The van der Waals surface area contributed by atoms with Crippen LogP contribution in [0.5, 0.6) is 0 Å². The molecular weight excluding hydrogens is 390 g/mol. The molecule has 0 saturated carbocycles. The van der Waals surface area contributed by atoms with Crippen molar-refractivity contribution in [1.82, 2.24) is 10.6 Å². The fourth-order valence-corrected chi connectivity index (χ4v) is 3.14. The molecule has 0 bridgehead atoms. The van der Waals surface area contributed by atoms with Crippen LogP contribution in [0.4, 0.5) is 5.69 Å². The number of carbonyl (C=O) groups is 3. The number of hydrogen-bond donors (Lipinski definition) is 3. The molecule has 3 aromatic rings. The minimum atomic E-state index is -0.439. The number of para-hydroxylation sites is 1. The number of benzene rings is 3. The Balaban J connectivity index is 1.45. The molecule has 0 fully saturated rings. The normalized spacial score (nSPS) is 10.3. The van der Waals surface area contributed by atoms with E-state index in [1.54, 1.807) is 12.1 Å². The maximum atomic E-state index is 12.3. The average molecular weight is 415 g/mol. The van der Waals surface area contributed by atoms with Crippen LogP contribution in [0.1, 0.15) is 21.5 Å². The molecule has 3 rings (SSSR count). The molecule has 0 atom stereocenters. The van der Waals surface area contributed by atoms with E-state index in [0.29, 0.717) is 5.56 Å². The Bertz CT molecular complexity index is 1060. The van der Waals surface area contributed by atoms with Gasteiger partial charge in [-0.2, -0.15) is 0 Å². The quantitative estimate of drug-likeness (QED) is 0.552. The Morgan fingerprint density at radius 2 is 1.23 bits per heavy atom. The van der Waals surface area contributed by atoms with Gasteiger partial charge in [-0.25, -0.2) is 0 Å². The Morgan fingerprint density at radius 3 is 1.87 bits per heavy atom. The van der Waals surface area contributed by atoms with Gasteiger partial charge >= 0.3 is 0 Å². The SMILES string of the molecule is Cc1cccc(C)c1NC(=O)CNC(=O)CNC(=O)c1ccc(-c2ccccc2)cc1. The van der Waals surface area contributed by atoms with Gasteiger partial charge in [-0.05, 0) is 48.2 Å². The molecule has 31 heavy (non-hydrogen) atoms. The summed E-state index contributed by atoms with van der Waals surface area (Å²) in [5, 5.41) is 7.88. The summed E-state index contributed by atoms with van der Waals surface area (Å²) in [4.78, 5) is 36.4. The van der Waals surface area contributed by atoms with Gasteiger partial charge in [-0.15, -0.1) is 0 Å². The molecular formula is C25H25N3O3. The van der Waals surface area contributed by atoms with Gasteiger partial charge in [0.25, 0.3) is 5.91 Å². The summed E-state index contributed by atoms with van der Waals surface area (Å²) in [6, 6.07) is 22.7. The lowest BCUT2D eigenvalue weighted by atomic mass is 10.0. The molecule has 0 radical (unpaired) electrons. The van der Waals surface area contributed by atoms with E-state index in [4.69, 9.17) is 0 Å². The van der Waals surface area contributed by atoms with Gasteiger partial charge in [0.05, 0.1) is 13.1 Å². The third-order valence-electron chi connectivity index (χ3n) is 4.86. The monoisotopic (exact) mass is 415 g/mol. The lowest BCUT2D eigenvalue weighted by Crippen LogP contribution is -2.40. The number of anilines is 1. The second kappa shape index (κ2) is 10.2. The zero-order valence-electron chi connectivity index (χ0n) is 17.6. The molecule has 0 aromatic heterocycles. The van der Waals surface area contributed by atoms with Gasteiger partial charge in [0.1, 0.15) is 0 Å².